The first-order chi connectivity index (χ1) is 16.5. The van der Waals surface area contributed by atoms with E-state index in [1.165, 1.54) is 6.08 Å². The van der Waals surface area contributed by atoms with E-state index in [-0.39, 0.29) is 25.0 Å². The topological polar surface area (TPSA) is 140 Å². The van der Waals surface area contributed by atoms with E-state index in [9.17, 15) is 14.7 Å². The SMILES string of the molecule is N#Cc1ccc(NC(=O)C(NCCO)c2ccc(/C=C/C(=O)Nc3ccccc3N)cc2)cc1. The number of rotatable bonds is 9. The van der Waals surface area contributed by atoms with Gasteiger partial charge in [-0.15, -0.1) is 0 Å². The number of hydrogen-bond acceptors (Lipinski definition) is 6. The zero-order valence-electron chi connectivity index (χ0n) is 18.4. The summed E-state index contributed by atoms with van der Waals surface area (Å²) >= 11 is 0. The number of carbonyl (C=O) groups excluding carboxylic acids is 2. The summed E-state index contributed by atoms with van der Waals surface area (Å²) in [5.74, 6) is -0.618. The molecule has 0 saturated carbocycles. The zero-order valence-corrected chi connectivity index (χ0v) is 18.4. The fraction of sp³-hybridized carbons (Fsp3) is 0.115. The quantitative estimate of drug-likeness (QED) is 0.248. The highest BCUT2D eigenvalue weighted by molar-refractivity contribution is 6.03. The average Bonchev–Trinajstić information content (AvgIpc) is 2.85. The zero-order chi connectivity index (χ0) is 24.3. The summed E-state index contributed by atoms with van der Waals surface area (Å²) in [7, 11) is 0. The van der Waals surface area contributed by atoms with Crippen LogP contribution in [0.5, 0.6) is 0 Å². The predicted molar refractivity (Wildman–Crippen MR) is 133 cm³/mol. The van der Waals surface area contributed by atoms with Crippen molar-refractivity contribution in [3.8, 4) is 6.07 Å². The van der Waals surface area contributed by atoms with Gasteiger partial charge in [0.15, 0.2) is 0 Å². The second-order valence-corrected chi connectivity index (χ2v) is 7.37. The number of aliphatic hydroxyl groups is 1. The van der Waals surface area contributed by atoms with E-state index < -0.39 is 6.04 Å². The van der Waals surface area contributed by atoms with Crippen LogP contribution in [0.4, 0.5) is 17.1 Å². The Kier molecular flexibility index (Phi) is 8.52. The van der Waals surface area contributed by atoms with Crippen LogP contribution in [0, 0.1) is 11.3 Å². The van der Waals surface area contributed by atoms with Crippen molar-refractivity contribution in [1.82, 2.24) is 5.32 Å². The molecule has 0 spiro atoms. The van der Waals surface area contributed by atoms with Crippen molar-refractivity contribution in [3.05, 3.63) is 95.6 Å². The molecule has 0 fully saturated rings. The molecular weight excluding hydrogens is 430 g/mol. The molecule has 3 aromatic carbocycles. The molecule has 8 nitrogen and oxygen atoms in total. The lowest BCUT2D eigenvalue weighted by molar-refractivity contribution is -0.118. The third-order valence-corrected chi connectivity index (χ3v) is 4.92. The predicted octanol–water partition coefficient (Wildman–Crippen LogP) is 3.05. The molecule has 0 aliphatic heterocycles. The van der Waals surface area contributed by atoms with Crippen molar-refractivity contribution in [2.24, 2.45) is 0 Å². The maximum Gasteiger partial charge on any atom is 0.248 e. The fourth-order valence-corrected chi connectivity index (χ4v) is 3.17. The number of carbonyl (C=O) groups is 2. The molecule has 172 valence electrons. The van der Waals surface area contributed by atoms with Crippen LogP contribution in [0.2, 0.25) is 0 Å². The van der Waals surface area contributed by atoms with E-state index in [2.05, 4.69) is 16.0 Å². The summed E-state index contributed by atoms with van der Waals surface area (Å²) in [6, 6.07) is 22.0. The Morgan fingerprint density at radius 1 is 1.00 bits per heavy atom. The third-order valence-electron chi connectivity index (χ3n) is 4.92. The highest BCUT2D eigenvalue weighted by atomic mass is 16.3. The number of anilines is 3. The van der Waals surface area contributed by atoms with Gasteiger partial charge in [0.2, 0.25) is 11.8 Å². The van der Waals surface area contributed by atoms with Gasteiger partial charge in [0.05, 0.1) is 29.6 Å². The molecule has 0 radical (unpaired) electrons. The molecule has 1 unspecified atom stereocenters. The van der Waals surface area contributed by atoms with Gasteiger partial charge in [0.25, 0.3) is 0 Å². The third kappa shape index (κ3) is 6.77. The molecule has 2 amide bonds. The number of aliphatic hydroxyl groups excluding tert-OH is 1. The van der Waals surface area contributed by atoms with Gasteiger partial charge in [-0.25, -0.2) is 0 Å². The standard InChI is InChI=1S/C26H25N5O3/c27-17-19-7-12-21(13-8-19)30-26(34)25(29-15-16-32)20-10-5-18(6-11-20)9-14-24(33)31-23-4-2-1-3-22(23)28/h1-14,25,29,32H,15-16,28H2,(H,30,34)(H,31,33)/b14-9+. The van der Waals surface area contributed by atoms with Crippen molar-refractivity contribution in [3.63, 3.8) is 0 Å². The van der Waals surface area contributed by atoms with Crippen molar-refractivity contribution in [2.45, 2.75) is 6.04 Å². The highest BCUT2D eigenvalue weighted by Gasteiger charge is 2.20. The number of nitrogens with one attached hydrogen (secondary N) is 3. The van der Waals surface area contributed by atoms with Gasteiger partial charge in [0, 0.05) is 18.3 Å². The molecule has 0 bridgehead atoms. The maximum atomic E-state index is 12.9. The molecule has 3 rings (SSSR count). The van der Waals surface area contributed by atoms with E-state index >= 15 is 0 Å². The van der Waals surface area contributed by atoms with Crippen LogP contribution in [0.15, 0.2) is 78.9 Å². The number of hydrogen-bond donors (Lipinski definition) is 5. The second-order valence-electron chi connectivity index (χ2n) is 7.37. The Bertz CT molecular complexity index is 1200. The molecule has 3 aromatic rings. The first kappa shape index (κ1) is 24.2. The molecule has 8 heteroatoms. The van der Waals surface area contributed by atoms with E-state index in [1.807, 2.05) is 6.07 Å². The maximum absolute atomic E-state index is 12.9. The summed E-state index contributed by atoms with van der Waals surface area (Å²) in [6.07, 6.45) is 3.06. The lowest BCUT2D eigenvalue weighted by Gasteiger charge is -2.19. The number of nitriles is 1. The Hall–Kier alpha value is -4.45. The molecule has 0 aromatic heterocycles. The van der Waals surface area contributed by atoms with Crippen LogP contribution in [-0.2, 0) is 9.59 Å². The van der Waals surface area contributed by atoms with Gasteiger partial charge in [-0.05, 0) is 53.6 Å². The van der Waals surface area contributed by atoms with Crippen LogP contribution < -0.4 is 21.7 Å². The number of benzene rings is 3. The van der Waals surface area contributed by atoms with Crippen molar-refractivity contribution in [1.29, 1.82) is 5.26 Å². The van der Waals surface area contributed by atoms with Crippen LogP contribution in [0.25, 0.3) is 6.08 Å². The lowest BCUT2D eigenvalue weighted by atomic mass is 10.0. The summed E-state index contributed by atoms with van der Waals surface area (Å²) in [5.41, 5.74) is 9.38. The van der Waals surface area contributed by atoms with Crippen LogP contribution in [0.3, 0.4) is 0 Å². The molecule has 0 aliphatic carbocycles. The molecule has 1 atom stereocenters. The molecule has 34 heavy (non-hydrogen) atoms. The minimum Gasteiger partial charge on any atom is -0.397 e. The highest BCUT2D eigenvalue weighted by Crippen LogP contribution is 2.19. The number of amides is 2. The Morgan fingerprint density at radius 2 is 1.71 bits per heavy atom. The van der Waals surface area contributed by atoms with Crippen LogP contribution in [0.1, 0.15) is 22.7 Å². The molecule has 0 saturated heterocycles. The Balaban J connectivity index is 1.67. The summed E-state index contributed by atoms with van der Waals surface area (Å²) < 4.78 is 0. The molecule has 0 aliphatic rings. The smallest absolute Gasteiger partial charge is 0.248 e. The Labute approximate surface area is 197 Å². The van der Waals surface area contributed by atoms with E-state index in [0.717, 1.165) is 5.56 Å². The van der Waals surface area contributed by atoms with Crippen molar-refractivity contribution < 1.29 is 14.7 Å². The minimum absolute atomic E-state index is 0.123. The molecule has 6 N–H and O–H groups in total. The van der Waals surface area contributed by atoms with E-state index in [4.69, 9.17) is 11.0 Å². The van der Waals surface area contributed by atoms with E-state index in [1.54, 1.807) is 78.9 Å². The number of nitrogen functional groups attached to an aromatic ring is 1. The number of nitrogens with two attached hydrogens (primary N) is 1. The normalized spacial score (nSPS) is 11.5. The summed E-state index contributed by atoms with van der Waals surface area (Å²) in [4.78, 5) is 25.1. The van der Waals surface area contributed by atoms with Crippen molar-refractivity contribution in [2.75, 3.05) is 29.5 Å². The summed E-state index contributed by atoms with van der Waals surface area (Å²) in [5, 5.41) is 26.7. The molecular formula is C26H25N5O3. The van der Waals surface area contributed by atoms with Gasteiger partial charge in [-0.1, -0.05) is 36.4 Å². The van der Waals surface area contributed by atoms with Gasteiger partial charge < -0.3 is 21.5 Å². The minimum atomic E-state index is -0.704. The largest absolute Gasteiger partial charge is 0.397 e. The molecule has 0 heterocycles. The first-order valence-corrected chi connectivity index (χ1v) is 10.6. The van der Waals surface area contributed by atoms with Gasteiger partial charge in [-0.3, -0.25) is 14.9 Å². The van der Waals surface area contributed by atoms with E-state index in [0.29, 0.717) is 28.2 Å². The van der Waals surface area contributed by atoms with Gasteiger partial charge in [-0.2, -0.15) is 5.26 Å². The fourth-order valence-electron chi connectivity index (χ4n) is 3.17. The average molecular weight is 456 g/mol. The number of nitrogens with zero attached hydrogens (tertiary/aromatic N) is 1. The summed E-state index contributed by atoms with van der Waals surface area (Å²) in [6.45, 7) is 0.110. The first-order valence-electron chi connectivity index (χ1n) is 10.6. The van der Waals surface area contributed by atoms with Crippen LogP contribution >= 0.6 is 0 Å². The van der Waals surface area contributed by atoms with Crippen LogP contribution in [-0.4, -0.2) is 30.1 Å². The second kappa shape index (κ2) is 12.0. The number of para-hydroxylation sites is 2. The van der Waals surface area contributed by atoms with Crippen molar-refractivity contribution >= 4 is 35.0 Å². The van der Waals surface area contributed by atoms with Gasteiger partial charge >= 0.3 is 0 Å². The van der Waals surface area contributed by atoms with Gasteiger partial charge in [0.1, 0.15) is 6.04 Å². The lowest BCUT2D eigenvalue weighted by Crippen LogP contribution is -2.34. The Morgan fingerprint density at radius 3 is 2.35 bits per heavy atom. The monoisotopic (exact) mass is 455 g/mol.